The highest BCUT2D eigenvalue weighted by Gasteiger charge is 2.24. The molecule has 3 aromatic rings. The van der Waals surface area contributed by atoms with Gasteiger partial charge in [0.25, 0.3) is 0 Å². The standard InChI is InChI=1S/C27H35FN4O2/c1-31(2)17-24-26(33-18-20-3-4-20)10-8-23-25(30-34-27(23)24)9-5-19-11-13-32(14-12-19)16-22-7-6-21(28)15-29-22/h6-8,10,15,19-20H,3-5,9,11-14,16-18H2,1-2H3. The highest BCUT2D eigenvalue weighted by Crippen LogP contribution is 2.35. The Morgan fingerprint density at radius 3 is 2.62 bits per heavy atom. The van der Waals surface area contributed by atoms with Crippen LogP contribution in [0.4, 0.5) is 4.39 Å². The average molecular weight is 467 g/mol. The minimum Gasteiger partial charge on any atom is -0.493 e. The van der Waals surface area contributed by atoms with E-state index in [1.807, 2.05) is 0 Å². The van der Waals surface area contributed by atoms with Gasteiger partial charge >= 0.3 is 0 Å². The molecule has 0 atom stereocenters. The lowest BCUT2D eigenvalue weighted by Gasteiger charge is -2.31. The molecule has 0 amide bonds. The topological polar surface area (TPSA) is 54.6 Å². The molecule has 1 aliphatic heterocycles. The fourth-order valence-corrected chi connectivity index (χ4v) is 4.87. The van der Waals surface area contributed by atoms with Crippen molar-refractivity contribution in [1.29, 1.82) is 0 Å². The lowest BCUT2D eigenvalue weighted by Crippen LogP contribution is -2.33. The first kappa shape index (κ1) is 23.2. The fourth-order valence-electron chi connectivity index (χ4n) is 4.87. The van der Waals surface area contributed by atoms with Crippen LogP contribution >= 0.6 is 0 Å². The second-order valence-electron chi connectivity index (χ2n) is 10.3. The number of piperidine rings is 1. The Kier molecular flexibility index (Phi) is 7.11. The van der Waals surface area contributed by atoms with Crippen molar-refractivity contribution < 1.29 is 13.7 Å². The number of rotatable bonds is 10. The van der Waals surface area contributed by atoms with Gasteiger partial charge in [-0.15, -0.1) is 0 Å². The van der Waals surface area contributed by atoms with Crippen LogP contribution in [0.5, 0.6) is 5.75 Å². The maximum absolute atomic E-state index is 13.1. The van der Waals surface area contributed by atoms with E-state index in [1.165, 1.54) is 37.9 Å². The number of hydrogen-bond donors (Lipinski definition) is 0. The molecule has 2 aromatic heterocycles. The van der Waals surface area contributed by atoms with E-state index in [-0.39, 0.29) is 5.82 Å². The molecule has 6 nitrogen and oxygen atoms in total. The van der Waals surface area contributed by atoms with Gasteiger partial charge in [-0.05, 0) is 102 Å². The van der Waals surface area contributed by atoms with Crippen molar-refractivity contribution in [3.05, 3.63) is 53.2 Å². The fraction of sp³-hybridized carbons (Fsp3) is 0.556. The summed E-state index contributed by atoms with van der Waals surface area (Å²) in [4.78, 5) is 8.76. The molecule has 0 spiro atoms. The number of nitrogens with zero attached hydrogens (tertiary/aromatic N) is 4. The molecule has 7 heteroatoms. The van der Waals surface area contributed by atoms with Crippen molar-refractivity contribution in [1.82, 2.24) is 19.9 Å². The Labute approximate surface area is 201 Å². The molecule has 1 saturated carbocycles. The van der Waals surface area contributed by atoms with Crippen molar-refractivity contribution in [3.63, 3.8) is 0 Å². The Bertz CT molecular complexity index is 1090. The van der Waals surface area contributed by atoms with Crippen LogP contribution in [0.3, 0.4) is 0 Å². The number of hydrogen-bond acceptors (Lipinski definition) is 6. The third-order valence-corrected chi connectivity index (χ3v) is 7.09. The van der Waals surface area contributed by atoms with Gasteiger partial charge in [0.05, 0.1) is 29.8 Å². The molecule has 0 radical (unpaired) electrons. The summed E-state index contributed by atoms with van der Waals surface area (Å²) in [6.45, 7) is 4.47. The smallest absolute Gasteiger partial charge is 0.175 e. The second-order valence-corrected chi connectivity index (χ2v) is 10.3. The summed E-state index contributed by atoms with van der Waals surface area (Å²) < 4.78 is 25.1. The van der Waals surface area contributed by atoms with Gasteiger partial charge in [0.2, 0.25) is 0 Å². The number of likely N-dealkylation sites (tertiary alicyclic amines) is 1. The summed E-state index contributed by atoms with van der Waals surface area (Å²) in [7, 11) is 4.14. The third kappa shape index (κ3) is 5.76. The molecule has 2 fully saturated rings. The van der Waals surface area contributed by atoms with Crippen LogP contribution in [-0.2, 0) is 19.5 Å². The first-order valence-electron chi connectivity index (χ1n) is 12.6. The maximum Gasteiger partial charge on any atom is 0.175 e. The number of benzene rings is 1. The van der Waals surface area contributed by atoms with Gasteiger partial charge in [-0.3, -0.25) is 9.88 Å². The molecule has 1 aliphatic carbocycles. The van der Waals surface area contributed by atoms with Crippen molar-refractivity contribution >= 4 is 11.0 Å². The zero-order valence-corrected chi connectivity index (χ0v) is 20.3. The second kappa shape index (κ2) is 10.4. The molecule has 5 rings (SSSR count). The van der Waals surface area contributed by atoms with Crippen molar-refractivity contribution in [3.8, 4) is 5.75 Å². The highest BCUT2D eigenvalue weighted by molar-refractivity contribution is 5.84. The normalized spacial score (nSPS) is 17.6. The number of aryl methyl sites for hydroxylation is 1. The molecule has 1 saturated heterocycles. The van der Waals surface area contributed by atoms with Gasteiger partial charge in [0.1, 0.15) is 11.6 Å². The summed E-state index contributed by atoms with van der Waals surface area (Å²) >= 11 is 0. The molecule has 3 heterocycles. The van der Waals surface area contributed by atoms with Crippen molar-refractivity contribution in [2.75, 3.05) is 33.8 Å². The molecule has 2 aliphatic rings. The maximum atomic E-state index is 13.1. The molecule has 0 N–H and O–H groups in total. The van der Waals surface area contributed by atoms with Crippen LogP contribution in [0.1, 0.15) is 49.1 Å². The van der Waals surface area contributed by atoms with Gasteiger partial charge in [-0.1, -0.05) is 5.16 Å². The summed E-state index contributed by atoms with van der Waals surface area (Å²) in [5.74, 6) is 2.05. The minimum absolute atomic E-state index is 0.279. The molecular weight excluding hydrogens is 431 g/mol. The summed E-state index contributed by atoms with van der Waals surface area (Å²) in [6, 6.07) is 7.50. The lowest BCUT2D eigenvalue weighted by molar-refractivity contribution is 0.170. The zero-order chi connectivity index (χ0) is 23.5. The van der Waals surface area contributed by atoms with E-state index in [1.54, 1.807) is 6.07 Å². The van der Waals surface area contributed by atoms with E-state index in [4.69, 9.17) is 9.26 Å². The number of aromatic nitrogens is 2. The third-order valence-electron chi connectivity index (χ3n) is 7.09. The lowest BCUT2D eigenvalue weighted by atomic mass is 9.91. The Balaban J connectivity index is 1.18. The molecule has 1 aromatic carbocycles. The van der Waals surface area contributed by atoms with E-state index in [9.17, 15) is 4.39 Å². The Morgan fingerprint density at radius 1 is 1.09 bits per heavy atom. The predicted molar refractivity (Wildman–Crippen MR) is 130 cm³/mol. The molecule has 34 heavy (non-hydrogen) atoms. The largest absolute Gasteiger partial charge is 0.493 e. The van der Waals surface area contributed by atoms with Crippen LogP contribution < -0.4 is 4.74 Å². The van der Waals surface area contributed by atoms with Crippen LogP contribution in [-0.4, -0.2) is 53.7 Å². The average Bonchev–Trinajstić information content (AvgIpc) is 3.57. The van der Waals surface area contributed by atoms with Gasteiger partial charge < -0.3 is 14.2 Å². The zero-order valence-electron chi connectivity index (χ0n) is 20.3. The van der Waals surface area contributed by atoms with E-state index < -0.39 is 0 Å². The van der Waals surface area contributed by atoms with E-state index in [0.29, 0.717) is 11.8 Å². The summed E-state index contributed by atoms with van der Waals surface area (Å²) in [5.41, 5.74) is 3.97. The number of ether oxygens (including phenoxy) is 1. The highest BCUT2D eigenvalue weighted by atomic mass is 19.1. The Hall–Kier alpha value is -2.51. The predicted octanol–water partition coefficient (Wildman–Crippen LogP) is 5.06. The Morgan fingerprint density at radius 2 is 1.91 bits per heavy atom. The van der Waals surface area contributed by atoms with E-state index >= 15 is 0 Å². The molecule has 0 unspecified atom stereocenters. The van der Waals surface area contributed by atoms with Crippen LogP contribution in [0.15, 0.2) is 35.0 Å². The first-order chi connectivity index (χ1) is 16.5. The quantitative estimate of drug-likeness (QED) is 0.416. The van der Waals surface area contributed by atoms with Crippen LogP contribution in [0, 0.1) is 17.7 Å². The number of halogens is 1. The monoisotopic (exact) mass is 466 g/mol. The van der Waals surface area contributed by atoms with E-state index in [0.717, 1.165) is 79.3 Å². The van der Waals surface area contributed by atoms with Gasteiger partial charge in [-0.25, -0.2) is 4.39 Å². The van der Waals surface area contributed by atoms with Crippen molar-refractivity contribution in [2.24, 2.45) is 11.8 Å². The molecular formula is C27H35FN4O2. The summed E-state index contributed by atoms with van der Waals surface area (Å²) in [5, 5.41) is 5.60. The first-order valence-corrected chi connectivity index (χ1v) is 12.6. The van der Waals surface area contributed by atoms with Crippen LogP contribution in [0.25, 0.3) is 11.0 Å². The van der Waals surface area contributed by atoms with Gasteiger partial charge in [0, 0.05) is 18.5 Å². The summed E-state index contributed by atoms with van der Waals surface area (Å²) in [6.07, 6.45) is 8.24. The molecule has 182 valence electrons. The van der Waals surface area contributed by atoms with Gasteiger partial charge in [-0.2, -0.15) is 0 Å². The number of pyridine rings is 1. The molecule has 0 bridgehead atoms. The minimum atomic E-state index is -0.279. The van der Waals surface area contributed by atoms with Gasteiger partial charge in [0.15, 0.2) is 5.58 Å². The van der Waals surface area contributed by atoms with Crippen molar-refractivity contribution in [2.45, 2.75) is 51.6 Å². The van der Waals surface area contributed by atoms with Crippen LogP contribution in [0.2, 0.25) is 0 Å². The number of fused-ring (bicyclic) bond motifs is 1. The van der Waals surface area contributed by atoms with E-state index in [2.05, 4.69) is 46.2 Å². The SMILES string of the molecule is CN(C)Cc1c(OCC2CC2)ccc2c(CCC3CCN(Cc4ccc(F)cn4)CC3)noc12.